The van der Waals surface area contributed by atoms with E-state index in [1.54, 1.807) is 0 Å². The molecule has 0 atom stereocenters. The van der Waals surface area contributed by atoms with E-state index in [2.05, 4.69) is 53.8 Å². The summed E-state index contributed by atoms with van der Waals surface area (Å²) in [6.07, 6.45) is 8.17. The molecule has 2 nitrogen and oxygen atoms in total. The molecule has 22 heavy (non-hydrogen) atoms. The molecule has 0 aromatic heterocycles. The van der Waals surface area contributed by atoms with Gasteiger partial charge in [0.05, 0.1) is 6.10 Å². The first kappa shape index (κ1) is 15.1. The van der Waals surface area contributed by atoms with E-state index in [1.807, 2.05) is 0 Å². The standard InChI is InChI=1S/C14H13N.C6H12O/c1-3-7-13-11(5-1)9-10-12-6-2-4-8-14(12)15-13;7-6-4-2-1-3-5-6/h1-8,15H,9-10H2;6-7H,1-5H2. The van der Waals surface area contributed by atoms with E-state index in [9.17, 15) is 0 Å². The molecule has 1 fully saturated rings. The van der Waals surface area contributed by atoms with Crippen LogP contribution in [-0.4, -0.2) is 11.2 Å². The quantitative estimate of drug-likeness (QED) is 0.729. The van der Waals surface area contributed by atoms with Gasteiger partial charge >= 0.3 is 0 Å². The molecule has 2 aromatic carbocycles. The predicted octanol–water partition coefficient (Wildman–Crippen LogP) is 4.84. The highest BCUT2D eigenvalue weighted by molar-refractivity contribution is 5.67. The lowest BCUT2D eigenvalue weighted by molar-refractivity contribution is 0.130. The van der Waals surface area contributed by atoms with Crippen LogP contribution in [0.4, 0.5) is 11.4 Å². The molecule has 2 aliphatic rings. The number of aliphatic hydroxyl groups is 1. The van der Waals surface area contributed by atoms with Crippen LogP contribution in [0.15, 0.2) is 48.5 Å². The zero-order valence-electron chi connectivity index (χ0n) is 13.1. The second kappa shape index (κ2) is 7.46. The summed E-state index contributed by atoms with van der Waals surface area (Å²) < 4.78 is 0. The SMILES string of the molecule is OC1CCCCC1.c1ccc2c(c1)CCc1ccccc1N2. The Kier molecular flexibility index (Phi) is 5.12. The van der Waals surface area contributed by atoms with Crippen molar-refractivity contribution in [3.8, 4) is 0 Å². The molecular formula is C20H25NO. The number of aryl methyl sites for hydroxylation is 2. The van der Waals surface area contributed by atoms with Gasteiger partial charge in [0, 0.05) is 11.4 Å². The number of hydrogen-bond acceptors (Lipinski definition) is 2. The number of rotatable bonds is 0. The van der Waals surface area contributed by atoms with Crippen molar-refractivity contribution in [3.05, 3.63) is 59.7 Å². The number of fused-ring (bicyclic) bond motifs is 2. The lowest BCUT2D eigenvalue weighted by Crippen LogP contribution is -2.09. The average molecular weight is 295 g/mol. The van der Waals surface area contributed by atoms with Gasteiger partial charge in [0.25, 0.3) is 0 Å². The Hall–Kier alpha value is -1.80. The van der Waals surface area contributed by atoms with Gasteiger partial charge in [-0.1, -0.05) is 55.7 Å². The third-order valence-electron chi connectivity index (χ3n) is 4.54. The summed E-state index contributed by atoms with van der Waals surface area (Å²) in [5.74, 6) is 0. The maximum atomic E-state index is 8.91. The van der Waals surface area contributed by atoms with Crippen molar-refractivity contribution < 1.29 is 5.11 Å². The van der Waals surface area contributed by atoms with E-state index in [0.717, 1.165) is 25.7 Å². The Labute approximate surface area is 133 Å². The second-order valence-corrected chi connectivity index (χ2v) is 6.23. The van der Waals surface area contributed by atoms with E-state index in [0.29, 0.717) is 0 Å². The number of benzene rings is 2. The zero-order valence-corrected chi connectivity index (χ0v) is 13.1. The molecule has 2 N–H and O–H groups in total. The summed E-state index contributed by atoms with van der Waals surface area (Å²) in [4.78, 5) is 0. The Morgan fingerprint density at radius 2 is 1.23 bits per heavy atom. The fourth-order valence-corrected chi connectivity index (χ4v) is 3.22. The van der Waals surface area contributed by atoms with Crippen molar-refractivity contribution in [1.29, 1.82) is 0 Å². The van der Waals surface area contributed by atoms with Crippen LogP contribution in [0, 0.1) is 0 Å². The molecule has 0 unspecified atom stereocenters. The van der Waals surface area contributed by atoms with Crippen LogP contribution in [0.3, 0.4) is 0 Å². The molecular weight excluding hydrogens is 270 g/mol. The van der Waals surface area contributed by atoms with Gasteiger partial charge in [-0.25, -0.2) is 0 Å². The molecule has 1 aliphatic heterocycles. The summed E-state index contributed by atoms with van der Waals surface area (Å²) in [7, 11) is 0. The van der Waals surface area contributed by atoms with Crippen LogP contribution in [0.2, 0.25) is 0 Å². The van der Waals surface area contributed by atoms with Crippen molar-refractivity contribution >= 4 is 11.4 Å². The van der Waals surface area contributed by atoms with Crippen LogP contribution in [-0.2, 0) is 12.8 Å². The molecule has 0 amide bonds. The third-order valence-corrected chi connectivity index (χ3v) is 4.54. The molecule has 0 spiro atoms. The lowest BCUT2D eigenvalue weighted by Gasteiger charge is -2.14. The third kappa shape index (κ3) is 3.89. The fraction of sp³-hybridized carbons (Fsp3) is 0.400. The zero-order chi connectivity index (χ0) is 15.2. The van der Waals surface area contributed by atoms with Gasteiger partial charge in [-0.2, -0.15) is 0 Å². The Balaban J connectivity index is 0.000000174. The van der Waals surface area contributed by atoms with Gasteiger partial charge in [0.1, 0.15) is 0 Å². The summed E-state index contributed by atoms with van der Waals surface area (Å²) in [6.45, 7) is 0. The fourth-order valence-electron chi connectivity index (χ4n) is 3.22. The summed E-state index contributed by atoms with van der Waals surface area (Å²) in [5, 5.41) is 12.4. The molecule has 1 heterocycles. The van der Waals surface area contributed by atoms with Crippen molar-refractivity contribution in [2.24, 2.45) is 0 Å². The normalized spacial score (nSPS) is 17.1. The molecule has 0 radical (unpaired) electrons. The van der Waals surface area contributed by atoms with Crippen LogP contribution in [0.5, 0.6) is 0 Å². The van der Waals surface area contributed by atoms with Gasteiger partial charge in [-0.15, -0.1) is 0 Å². The molecule has 0 saturated heterocycles. The Morgan fingerprint density at radius 1 is 0.727 bits per heavy atom. The van der Waals surface area contributed by atoms with E-state index in [4.69, 9.17) is 5.11 Å². The maximum Gasteiger partial charge on any atom is 0.0540 e. The van der Waals surface area contributed by atoms with Crippen molar-refractivity contribution in [2.45, 2.75) is 51.0 Å². The highest BCUT2D eigenvalue weighted by Gasteiger charge is 2.10. The van der Waals surface area contributed by atoms with Crippen LogP contribution < -0.4 is 5.32 Å². The molecule has 0 bridgehead atoms. The van der Waals surface area contributed by atoms with E-state index in [-0.39, 0.29) is 6.10 Å². The molecule has 2 aromatic rings. The molecule has 1 saturated carbocycles. The number of para-hydroxylation sites is 2. The lowest BCUT2D eigenvalue weighted by atomic mass is 9.98. The molecule has 116 valence electrons. The van der Waals surface area contributed by atoms with Gasteiger partial charge in [-0.05, 0) is 48.9 Å². The minimum Gasteiger partial charge on any atom is -0.393 e. The van der Waals surface area contributed by atoms with E-state index < -0.39 is 0 Å². The van der Waals surface area contributed by atoms with Gasteiger partial charge in [0.2, 0.25) is 0 Å². The first-order valence-electron chi connectivity index (χ1n) is 8.44. The molecule has 1 aliphatic carbocycles. The minimum atomic E-state index is 0.0359. The molecule has 4 rings (SSSR count). The number of hydrogen-bond donors (Lipinski definition) is 2. The van der Waals surface area contributed by atoms with Crippen LogP contribution in [0.25, 0.3) is 0 Å². The topological polar surface area (TPSA) is 32.3 Å². The van der Waals surface area contributed by atoms with Gasteiger partial charge in [-0.3, -0.25) is 0 Å². The van der Waals surface area contributed by atoms with Crippen molar-refractivity contribution in [3.63, 3.8) is 0 Å². The summed E-state index contributed by atoms with van der Waals surface area (Å²) in [6, 6.07) is 17.1. The first-order valence-corrected chi connectivity index (χ1v) is 8.44. The second-order valence-electron chi connectivity index (χ2n) is 6.23. The number of anilines is 2. The predicted molar refractivity (Wildman–Crippen MR) is 92.7 cm³/mol. The largest absolute Gasteiger partial charge is 0.393 e. The van der Waals surface area contributed by atoms with Crippen LogP contribution in [0.1, 0.15) is 43.2 Å². The summed E-state index contributed by atoms with van der Waals surface area (Å²) in [5.41, 5.74) is 5.33. The Morgan fingerprint density at radius 3 is 1.68 bits per heavy atom. The highest BCUT2D eigenvalue weighted by Crippen LogP contribution is 2.29. The monoisotopic (exact) mass is 295 g/mol. The van der Waals surface area contributed by atoms with E-state index >= 15 is 0 Å². The molecule has 2 heteroatoms. The number of aliphatic hydroxyl groups excluding tert-OH is 1. The van der Waals surface area contributed by atoms with Crippen LogP contribution >= 0.6 is 0 Å². The minimum absolute atomic E-state index is 0.0359. The smallest absolute Gasteiger partial charge is 0.0540 e. The van der Waals surface area contributed by atoms with Crippen molar-refractivity contribution in [2.75, 3.05) is 5.32 Å². The highest BCUT2D eigenvalue weighted by atomic mass is 16.3. The van der Waals surface area contributed by atoms with Gasteiger partial charge < -0.3 is 10.4 Å². The summed E-state index contributed by atoms with van der Waals surface area (Å²) >= 11 is 0. The first-order chi connectivity index (χ1) is 10.8. The average Bonchev–Trinajstić information content (AvgIpc) is 2.75. The van der Waals surface area contributed by atoms with Crippen molar-refractivity contribution in [1.82, 2.24) is 0 Å². The number of nitrogens with one attached hydrogen (secondary N) is 1. The van der Waals surface area contributed by atoms with E-state index in [1.165, 1.54) is 41.8 Å². The maximum absolute atomic E-state index is 8.91. The van der Waals surface area contributed by atoms with Gasteiger partial charge in [0.15, 0.2) is 0 Å². The Bertz CT molecular complexity index is 557.